The van der Waals surface area contributed by atoms with Gasteiger partial charge in [0, 0.05) is 32.4 Å². The lowest BCUT2D eigenvalue weighted by atomic mass is 10.0. The molecule has 1 heterocycles. The molecule has 1 N–H and O–H groups in total. The third-order valence-corrected chi connectivity index (χ3v) is 4.31. The molecule has 1 aromatic heterocycles. The van der Waals surface area contributed by atoms with Crippen LogP contribution < -0.4 is 0 Å². The normalized spacial score (nSPS) is 11.0. The number of hydrogen-bond acceptors (Lipinski definition) is 3. The summed E-state index contributed by atoms with van der Waals surface area (Å²) in [7, 11) is 0. The van der Waals surface area contributed by atoms with Gasteiger partial charge >= 0.3 is 0 Å². The fourth-order valence-corrected chi connectivity index (χ4v) is 3.01. The quantitative estimate of drug-likeness (QED) is 0.487. The van der Waals surface area contributed by atoms with Gasteiger partial charge in [-0.15, -0.1) is 0 Å². The number of carbonyl (C=O) groups excluding carboxylic acids is 1. The van der Waals surface area contributed by atoms with Crippen LogP contribution >= 0.6 is 31.9 Å². The van der Waals surface area contributed by atoms with Crippen LogP contribution in [0.1, 0.15) is 21.7 Å². The third kappa shape index (κ3) is 2.63. The molecule has 0 saturated carbocycles. The minimum atomic E-state index is -0.173. The van der Waals surface area contributed by atoms with E-state index in [2.05, 4.69) is 31.9 Å². The Hall–Kier alpha value is -1.59. The van der Waals surface area contributed by atoms with Crippen LogP contribution in [-0.2, 0) is 5.33 Å². The van der Waals surface area contributed by atoms with E-state index in [1.54, 1.807) is 24.3 Å². The number of carbonyl (C=O) groups is 1. The molecule has 0 unspecified atom stereocenters. The summed E-state index contributed by atoms with van der Waals surface area (Å²) in [6.45, 7) is 0. The molecule has 0 aliphatic carbocycles. The molecule has 21 heavy (non-hydrogen) atoms. The first-order chi connectivity index (χ1) is 10.1. The first kappa shape index (κ1) is 14.4. The molecule has 0 aliphatic heterocycles. The van der Waals surface area contributed by atoms with E-state index in [4.69, 9.17) is 4.42 Å². The van der Waals surface area contributed by atoms with Gasteiger partial charge in [-0.25, -0.2) is 0 Å². The van der Waals surface area contributed by atoms with Crippen molar-refractivity contribution in [2.45, 2.75) is 5.33 Å². The first-order valence-corrected chi connectivity index (χ1v) is 8.12. The molecular weight excluding hydrogens is 400 g/mol. The fraction of sp³-hybridized carbons (Fsp3) is 0.0625. The van der Waals surface area contributed by atoms with Crippen LogP contribution in [0.15, 0.2) is 51.4 Å². The number of alkyl halides is 1. The van der Waals surface area contributed by atoms with Crippen molar-refractivity contribution in [3.63, 3.8) is 0 Å². The molecule has 0 saturated heterocycles. The van der Waals surface area contributed by atoms with E-state index in [1.807, 2.05) is 12.1 Å². The Morgan fingerprint density at radius 2 is 1.86 bits per heavy atom. The summed E-state index contributed by atoms with van der Waals surface area (Å²) in [5.41, 5.74) is 1.85. The maximum atomic E-state index is 12.6. The zero-order valence-corrected chi connectivity index (χ0v) is 13.9. The van der Waals surface area contributed by atoms with Gasteiger partial charge in [-0.3, -0.25) is 4.79 Å². The van der Waals surface area contributed by atoms with Crippen molar-refractivity contribution in [3.05, 3.63) is 63.8 Å². The van der Waals surface area contributed by atoms with E-state index >= 15 is 0 Å². The van der Waals surface area contributed by atoms with Gasteiger partial charge in [0.25, 0.3) is 0 Å². The summed E-state index contributed by atoms with van der Waals surface area (Å²) in [6.07, 6.45) is 0. The number of fused-ring (bicyclic) bond motifs is 1. The molecule has 0 bridgehead atoms. The lowest BCUT2D eigenvalue weighted by Gasteiger charge is -2.00. The zero-order valence-electron chi connectivity index (χ0n) is 10.8. The number of phenols is 1. The topological polar surface area (TPSA) is 50.4 Å². The smallest absolute Gasteiger partial charge is 0.228 e. The predicted octanol–water partition coefficient (Wildman–Crippen LogP) is 5.03. The van der Waals surface area contributed by atoms with Gasteiger partial charge in [0.05, 0.1) is 0 Å². The Morgan fingerprint density at radius 3 is 2.52 bits per heavy atom. The number of phenolic OH excluding ortho intramolecular Hbond substituents is 1. The van der Waals surface area contributed by atoms with Gasteiger partial charge < -0.3 is 9.52 Å². The van der Waals surface area contributed by atoms with Gasteiger partial charge in [0.2, 0.25) is 5.78 Å². The average molecular weight is 410 g/mol. The first-order valence-electron chi connectivity index (χ1n) is 6.21. The van der Waals surface area contributed by atoms with Crippen molar-refractivity contribution in [3.8, 4) is 5.75 Å². The highest BCUT2D eigenvalue weighted by molar-refractivity contribution is 9.10. The molecule has 0 radical (unpaired) electrons. The molecule has 0 spiro atoms. The van der Waals surface area contributed by atoms with Crippen LogP contribution in [0.3, 0.4) is 0 Å². The maximum absolute atomic E-state index is 12.6. The number of rotatable bonds is 3. The van der Waals surface area contributed by atoms with Crippen LogP contribution in [0.5, 0.6) is 5.75 Å². The third-order valence-electron chi connectivity index (χ3n) is 3.22. The summed E-state index contributed by atoms with van der Waals surface area (Å²) >= 11 is 6.74. The Bertz CT molecular complexity index is 819. The Labute approximate surface area is 137 Å². The molecule has 5 heteroatoms. The van der Waals surface area contributed by atoms with Crippen molar-refractivity contribution in [1.82, 2.24) is 0 Å². The average Bonchev–Trinajstić information content (AvgIpc) is 2.84. The summed E-state index contributed by atoms with van der Waals surface area (Å²) in [6, 6.07) is 12.0. The molecular formula is C16H10Br2O3. The van der Waals surface area contributed by atoms with E-state index in [0.29, 0.717) is 22.2 Å². The number of ketones is 1. The lowest BCUT2D eigenvalue weighted by Crippen LogP contribution is -2.02. The predicted molar refractivity (Wildman–Crippen MR) is 88.1 cm³/mol. The second kappa shape index (κ2) is 5.66. The van der Waals surface area contributed by atoms with Gasteiger partial charge in [0.15, 0.2) is 5.76 Å². The van der Waals surface area contributed by atoms with Crippen molar-refractivity contribution in [1.29, 1.82) is 0 Å². The molecule has 0 aliphatic rings. The van der Waals surface area contributed by atoms with Gasteiger partial charge in [-0.05, 0) is 36.4 Å². The Balaban J connectivity index is 2.15. The highest BCUT2D eigenvalue weighted by Gasteiger charge is 2.21. The number of benzene rings is 2. The molecule has 2 aromatic carbocycles. The summed E-state index contributed by atoms with van der Waals surface area (Å²) < 4.78 is 6.58. The Kier molecular flexibility index (Phi) is 3.87. The van der Waals surface area contributed by atoms with Crippen LogP contribution in [0.2, 0.25) is 0 Å². The second-order valence-corrected chi connectivity index (χ2v) is 6.04. The minimum absolute atomic E-state index is 0.111. The van der Waals surface area contributed by atoms with Crippen molar-refractivity contribution in [2.75, 3.05) is 0 Å². The molecule has 3 nitrogen and oxygen atoms in total. The van der Waals surface area contributed by atoms with Gasteiger partial charge in [-0.1, -0.05) is 31.9 Å². The molecule has 0 fully saturated rings. The van der Waals surface area contributed by atoms with Crippen molar-refractivity contribution < 1.29 is 14.3 Å². The number of halogens is 2. The molecule has 3 aromatic rings. The van der Waals surface area contributed by atoms with Crippen LogP contribution in [0, 0.1) is 0 Å². The van der Waals surface area contributed by atoms with Crippen LogP contribution in [0.4, 0.5) is 0 Å². The largest absolute Gasteiger partial charge is 0.508 e. The van der Waals surface area contributed by atoms with Crippen LogP contribution in [0.25, 0.3) is 11.0 Å². The standard InChI is InChI=1S/C16H10Br2O3/c17-8-13-12-6-5-11(19)7-14(12)21-16(13)15(20)9-1-3-10(18)4-2-9/h1-7,19H,8H2. The van der Waals surface area contributed by atoms with E-state index in [0.717, 1.165) is 15.4 Å². The van der Waals surface area contributed by atoms with E-state index in [-0.39, 0.29) is 11.5 Å². The lowest BCUT2D eigenvalue weighted by molar-refractivity contribution is 0.101. The summed E-state index contributed by atoms with van der Waals surface area (Å²) in [5.74, 6) is 0.238. The summed E-state index contributed by atoms with van der Waals surface area (Å²) in [5, 5.41) is 10.9. The van der Waals surface area contributed by atoms with E-state index in [9.17, 15) is 9.90 Å². The Morgan fingerprint density at radius 1 is 1.14 bits per heavy atom. The summed E-state index contributed by atoms with van der Waals surface area (Å²) in [4.78, 5) is 12.6. The minimum Gasteiger partial charge on any atom is -0.508 e. The van der Waals surface area contributed by atoms with E-state index < -0.39 is 0 Å². The molecule has 0 atom stereocenters. The molecule has 0 amide bonds. The SMILES string of the molecule is O=C(c1ccc(Br)cc1)c1oc2cc(O)ccc2c1CBr. The van der Waals surface area contributed by atoms with Gasteiger partial charge in [-0.2, -0.15) is 0 Å². The maximum Gasteiger partial charge on any atom is 0.228 e. The number of furan rings is 1. The highest BCUT2D eigenvalue weighted by Crippen LogP contribution is 2.31. The molecule has 3 rings (SSSR count). The number of aromatic hydroxyl groups is 1. The van der Waals surface area contributed by atoms with E-state index in [1.165, 1.54) is 6.07 Å². The second-order valence-electron chi connectivity index (χ2n) is 4.56. The number of hydrogen-bond donors (Lipinski definition) is 1. The highest BCUT2D eigenvalue weighted by atomic mass is 79.9. The fourth-order valence-electron chi connectivity index (χ4n) is 2.19. The zero-order chi connectivity index (χ0) is 15.0. The van der Waals surface area contributed by atoms with Crippen LogP contribution in [-0.4, -0.2) is 10.9 Å². The monoisotopic (exact) mass is 408 g/mol. The molecule has 106 valence electrons. The van der Waals surface area contributed by atoms with Gasteiger partial charge in [0.1, 0.15) is 11.3 Å². The van der Waals surface area contributed by atoms with Crippen molar-refractivity contribution >= 4 is 48.6 Å². The van der Waals surface area contributed by atoms with Crippen molar-refractivity contribution in [2.24, 2.45) is 0 Å².